The van der Waals surface area contributed by atoms with E-state index in [2.05, 4.69) is 35.8 Å². The topological polar surface area (TPSA) is 43.8 Å². The summed E-state index contributed by atoms with van der Waals surface area (Å²) in [6.45, 7) is 6.88. The van der Waals surface area contributed by atoms with Gasteiger partial charge in [-0.1, -0.05) is 38.1 Å². The fourth-order valence-corrected chi connectivity index (χ4v) is 9.38. The van der Waals surface area contributed by atoms with Crippen LogP contribution in [0.4, 0.5) is 0 Å². The molecule has 0 aromatic heterocycles. The second-order valence-electron chi connectivity index (χ2n) is 12.0. The average molecular weight is 457 g/mol. The van der Waals surface area contributed by atoms with Gasteiger partial charge in [0.15, 0.2) is 0 Å². The van der Waals surface area contributed by atoms with E-state index in [1.54, 1.807) is 0 Å². The first-order valence-corrected chi connectivity index (χ1v) is 13.4. The minimum atomic E-state index is 0.0342. The molecule has 2 aromatic carbocycles. The maximum Gasteiger partial charge on any atom is 0.254 e. The molecule has 7 rings (SSSR count). The van der Waals surface area contributed by atoms with Crippen molar-refractivity contribution in [2.45, 2.75) is 75.9 Å². The summed E-state index contributed by atoms with van der Waals surface area (Å²) in [5.74, 6) is 1.57. The van der Waals surface area contributed by atoms with Gasteiger partial charge in [0.05, 0.1) is 0 Å². The minimum absolute atomic E-state index is 0.0342. The van der Waals surface area contributed by atoms with E-state index in [1.165, 1.54) is 30.4 Å². The predicted molar refractivity (Wildman–Crippen MR) is 133 cm³/mol. The Labute approximate surface area is 203 Å². The Hall–Kier alpha value is -2.33. The molecule has 0 radical (unpaired) electrons. The molecule has 34 heavy (non-hydrogen) atoms. The summed E-state index contributed by atoms with van der Waals surface area (Å²) in [7, 11) is 0. The number of rotatable bonds is 3. The zero-order chi connectivity index (χ0) is 23.2. The van der Waals surface area contributed by atoms with Crippen molar-refractivity contribution in [3.05, 3.63) is 65.2 Å². The van der Waals surface area contributed by atoms with Crippen LogP contribution in [0.2, 0.25) is 0 Å². The monoisotopic (exact) mass is 456 g/mol. The number of likely N-dealkylation sites (tertiary alicyclic amines) is 2. The number of carbonyl (C=O) groups is 1. The number of carbonyl (C=O) groups excluding carboxylic acids is 1. The molecule has 6 atom stereocenters. The number of nitrogens with zero attached hydrogens (tertiary/aromatic N) is 2. The molecule has 2 aliphatic heterocycles. The van der Waals surface area contributed by atoms with Crippen LogP contribution in [0.15, 0.2) is 48.5 Å². The van der Waals surface area contributed by atoms with Gasteiger partial charge in [-0.25, -0.2) is 0 Å². The van der Waals surface area contributed by atoms with Gasteiger partial charge in [-0.05, 0) is 97.7 Å². The first-order valence-electron chi connectivity index (χ1n) is 13.4. The smallest absolute Gasteiger partial charge is 0.254 e. The average Bonchev–Trinajstić information content (AvgIpc) is 3.55. The molecule has 2 heterocycles. The number of fused-ring (bicyclic) bond motifs is 2. The van der Waals surface area contributed by atoms with Gasteiger partial charge in [-0.15, -0.1) is 0 Å². The summed E-state index contributed by atoms with van der Waals surface area (Å²) in [6.07, 6.45) is 7.14. The molecule has 1 N–H and O–H groups in total. The van der Waals surface area contributed by atoms with Crippen LogP contribution in [0.3, 0.4) is 0 Å². The Morgan fingerprint density at radius 1 is 1.15 bits per heavy atom. The Morgan fingerprint density at radius 2 is 1.94 bits per heavy atom. The third kappa shape index (κ3) is 2.56. The van der Waals surface area contributed by atoms with E-state index < -0.39 is 0 Å². The molecular weight excluding hydrogens is 420 g/mol. The van der Waals surface area contributed by atoms with Crippen LogP contribution in [-0.4, -0.2) is 52.0 Å². The maximum atomic E-state index is 13.7. The number of aromatic hydroxyl groups is 1. The molecule has 2 aromatic rings. The molecule has 2 saturated carbocycles. The van der Waals surface area contributed by atoms with E-state index >= 15 is 0 Å². The van der Waals surface area contributed by atoms with Gasteiger partial charge in [0, 0.05) is 35.6 Å². The van der Waals surface area contributed by atoms with Crippen LogP contribution in [0.5, 0.6) is 5.75 Å². The molecule has 0 spiro atoms. The van der Waals surface area contributed by atoms with E-state index in [4.69, 9.17) is 0 Å². The summed E-state index contributed by atoms with van der Waals surface area (Å²) < 4.78 is 0. The van der Waals surface area contributed by atoms with Gasteiger partial charge in [0.2, 0.25) is 0 Å². The second-order valence-corrected chi connectivity index (χ2v) is 12.0. The van der Waals surface area contributed by atoms with Crippen molar-refractivity contribution < 1.29 is 9.90 Å². The summed E-state index contributed by atoms with van der Waals surface area (Å²) >= 11 is 0. The Bertz CT molecular complexity index is 1140. The Morgan fingerprint density at radius 3 is 2.68 bits per heavy atom. The van der Waals surface area contributed by atoms with E-state index in [0.29, 0.717) is 23.6 Å². The summed E-state index contributed by atoms with van der Waals surface area (Å²) in [4.78, 5) is 18.8. The van der Waals surface area contributed by atoms with Crippen molar-refractivity contribution in [1.82, 2.24) is 9.80 Å². The molecule has 2 bridgehead atoms. The number of phenols is 1. The quantitative estimate of drug-likeness (QED) is 0.707. The Kier molecular flexibility index (Phi) is 4.38. The molecule has 5 unspecified atom stereocenters. The largest absolute Gasteiger partial charge is 0.508 e. The molecule has 3 aliphatic carbocycles. The second kappa shape index (κ2) is 7.10. The van der Waals surface area contributed by atoms with Gasteiger partial charge in [-0.2, -0.15) is 0 Å². The van der Waals surface area contributed by atoms with Gasteiger partial charge >= 0.3 is 0 Å². The van der Waals surface area contributed by atoms with Crippen molar-refractivity contribution in [3.63, 3.8) is 0 Å². The molecule has 1 amide bonds. The normalized spacial score (nSPS) is 38.4. The fraction of sp³-hybridized carbons (Fsp3) is 0.567. The first kappa shape index (κ1) is 21.0. The lowest BCUT2D eigenvalue weighted by Gasteiger charge is -2.63. The lowest BCUT2D eigenvalue weighted by Crippen LogP contribution is -2.67. The van der Waals surface area contributed by atoms with Gasteiger partial charge in [0.25, 0.3) is 5.91 Å². The highest BCUT2D eigenvalue weighted by atomic mass is 16.3. The first-order chi connectivity index (χ1) is 16.5. The van der Waals surface area contributed by atoms with E-state index in [9.17, 15) is 9.90 Å². The number of benzene rings is 2. The summed E-state index contributed by atoms with van der Waals surface area (Å²) in [6, 6.07) is 17.6. The lowest BCUT2D eigenvalue weighted by molar-refractivity contribution is -0.0651. The highest BCUT2D eigenvalue weighted by molar-refractivity contribution is 5.94. The highest BCUT2D eigenvalue weighted by Crippen LogP contribution is 2.72. The zero-order valence-electron chi connectivity index (χ0n) is 20.4. The van der Waals surface area contributed by atoms with Crippen LogP contribution in [0.25, 0.3) is 0 Å². The summed E-state index contributed by atoms with van der Waals surface area (Å²) in [5.41, 5.74) is 3.88. The molecule has 2 saturated heterocycles. The van der Waals surface area contributed by atoms with Gasteiger partial charge < -0.3 is 10.0 Å². The van der Waals surface area contributed by atoms with Crippen molar-refractivity contribution >= 4 is 5.91 Å². The van der Waals surface area contributed by atoms with Crippen molar-refractivity contribution in [3.8, 4) is 5.75 Å². The number of hydrogen-bond donors (Lipinski definition) is 1. The molecular formula is C30H36N2O2. The molecule has 4 fully saturated rings. The third-order valence-corrected chi connectivity index (χ3v) is 10.6. The number of amides is 1. The lowest BCUT2D eigenvalue weighted by atomic mass is 9.48. The number of phenolic OH excluding ortho intramolecular Hbond substituents is 1. The number of hydrogen-bond acceptors (Lipinski definition) is 3. The van der Waals surface area contributed by atoms with Crippen LogP contribution in [0, 0.1) is 17.3 Å². The maximum absolute atomic E-state index is 13.7. The van der Waals surface area contributed by atoms with E-state index in [0.717, 1.165) is 44.0 Å². The van der Waals surface area contributed by atoms with Crippen LogP contribution in [0.1, 0.15) is 67.4 Å². The molecule has 4 nitrogen and oxygen atoms in total. The van der Waals surface area contributed by atoms with E-state index in [-0.39, 0.29) is 22.8 Å². The van der Waals surface area contributed by atoms with Crippen LogP contribution in [-0.2, 0) is 11.8 Å². The van der Waals surface area contributed by atoms with Crippen LogP contribution < -0.4 is 0 Å². The van der Waals surface area contributed by atoms with Gasteiger partial charge in [-0.3, -0.25) is 9.69 Å². The predicted octanol–water partition coefficient (Wildman–Crippen LogP) is 5.00. The number of piperidine rings is 1. The molecule has 5 aliphatic rings. The van der Waals surface area contributed by atoms with Gasteiger partial charge in [0.1, 0.15) is 5.75 Å². The standard InChI is InChI=1S/C30H36N2O2/c1-3-25-27-21(18-32(25)28(34)19-7-5-4-6-8-19)17-29(2)26-15-20-9-12-23(33)16-24(20)30(27,29)13-14-31(26)22-10-11-22/h4-9,12,16,21-22,25-27,33H,3,10-11,13-15,17-18H2,1-2H3/t21-,25?,26?,27?,29?,30?/m1/s1. The van der Waals surface area contributed by atoms with Crippen LogP contribution >= 0.6 is 0 Å². The zero-order valence-corrected chi connectivity index (χ0v) is 20.4. The van der Waals surface area contributed by atoms with Crippen molar-refractivity contribution in [2.24, 2.45) is 17.3 Å². The fourth-order valence-electron chi connectivity index (χ4n) is 9.38. The van der Waals surface area contributed by atoms with Crippen molar-refractivity contribution in [1.29, 1.82) is 0 Å². The SMILES string of the molecule is CCC1C2[C@@H](CN1C(=O)c1ccccc1)CC1(C)C3Cc4ccc(O)cc4C21CCN3C1CC1. The molecule has 178 valence electrons. The highest BCUT2D eigenvalue weighted by Gasteiger charge is 2.73. The van der Waals surface area contributed by atoms with Crippen molar-refractivity contribution in [2.75, 3.05) is 13.1 Å². The molecule has 4 heteroatoms. The Balaban J connectivity index is 1.36. The summed E-state index contributed by atoms with van der Waals surface area (Å²) in [5, 5.41) is 10.6. The van der Waals surface area contributed by atoms with E-state index in [1.807, 2.05) is 36.4 Å². The third-order valence-electron chi connectivity index (χ3n) is 10.6. The minimum Gasteiger partial charge on any atom is -0.508 e.